The van der Waals surface area contributed by atoms with Gasteiger partial charge >= 0.3 is 6.09 Å². The molecular formula is C8H9NO2. The number of carbonyl (C=O) groups excluding carboxylic acids is 1. The Labute approximate surface area is 65.6 Å². The second-order valence-electron chi connectivity index (χ2n) is 2.13. The van der Waals surface area contributed by atoms with Crippen LogP contribution in [-0.4, -0.2) is 24.1 Å². The summed E-state index contributed by atoms with van der Waals surface area (Å²) >= 11 is 0. The third kappa shape index (κ3) is 2.01. The molecule has 0 unspecified atom stereocenters. The van der Waals surface area contributed by atoms with Crippen LogP contribution in [-0.2, 0) is 4.74 Å². The molecule has 0 fully saturated rings. The zero-order valence-corrected chi connectivity index (χ0v) is 6.12. The molecule has 0 atom stereocenters. The van der Waals surface area contributed by atoms with E-state index in [4.69, 9.17) is 6.42 Å². The molecule has 58 valence electrons. The highest BCUT2D eigenvalue weighted by Gasteiger charge is 2.13. The van der Waals surface area contributed by atoms with Crippen molar-refractivity contribution in [2.75, 3.05) is 13.2 Å². The Morgan fingerprint density at radius 1 is 1.82 bits per heavy atom. The molecule has 0 spiro atoms. The van der Waals surface area contributed by atoms with Crippen molar-refractivity contribution in [1.29, 1.82) is 0 Å². The Morgan fingerprint density at radius 2 is 2.64 bits per heavy atom. The van der Waals surface area contributed by atoms with Crippen molar-refractivity contribution in [2.45, 2.75) is 6.42 Å². The van der Waals surface area contributed by atoms with Gasteiger partial charge in [0.1, 0.15) is 0 Å². The molecule has 3 nitrogen and oxygen atoms in total. The van der Waals surface area contributed by atoms with Crippen LogP contribution in [0.5, 0.6) is 0 Å². The second-order valence-corrected chi connectivity index (χ2v) is 2.13. The van der Waals surface area contributed by atoms with E-state index < -0.39 is 0 Å². The van der Waals surface area contributed by atoms with E-state index in [0.717, 1.165) is 6.42 Å². The van der Waals surface area contributed by atoms with Gasteiger partial charge in [0.2, 0.25) is 0 Å². The molecule has 0 aromatic rings. The van der Waals surface area contributed by atoms with Gasteiger partial charge < -0.3 is 4.74 Å². The van der Waals surface area contributed by atoms with Crippen LogP contribution >= 0.6 is 0 Å². The minimum Gasteiger partial charge on any atom is -0.436 e. The van der Waals surface area contributed by atoms with Crippen LogP contribution in [0.25, 0.3) is 0 Å². The number of ether oxygens (including phenoxy) is 1. The highest BCUT2D eigenvalue weighted by atomic mass is 16.6. The first-order chi connectivity index (χ1) is 5.34. The number of hydrogen-bond donors (Lipinski definition) is 0. The van der Waals surface area contributed by atoms with Crippen molar-refractivity contribution in [3.8, 4) is 12.3 Å². The molecule has 0 aliphatic carbocycles. The molecule has 1 rings (SSSR count). The average molecular weight is 151 g/mol. The van der Waals surface area contributed by atoms with Crippen LogP contribution < -0.4 is 0 Å². The van der Waals surface area contributed by atoms with Crippen LogP contribution in [0, 0.1) is 12.3 Å². The predicted molar refractivity (Wildman–Crippen MR) is 40.6 cm³/mol. The number of rotatable bonds is 1. The maximum absolute atomic E-state index is 11.0. The molecule has 1 amide bonds. The number of amides is 1. The molecule has 0 saturated carbocycles. The van der Waals surface area contributed by atoms with Gasteiger partial charge in [0.15, 0.2) is 6.61 Å². The summed E-state index contributed by atoms with van der Waals surface area (Å²) < 4.78 is 4.67. The second kappa shape index (κ2) is 3.67. The first-order valence-electron chi connectivity index (χ1n) is 3.38. The Kier molecular flexibility index (Phi) is 2.56. The Bertz CT molecular complexity index is 215. The lowest BCUT2D eigenvalue weighted by atomic mass is 10.5. The monoisotopic (exact) mass is 151 g/mol. The minimum absolute atomic E-state index is 0.0448. The third-order valence-electron chi connectivity index (χ3n) is 1.34. The van der Waals surface area contributed by atoms with Gasteiger partial charge in [-0.15, -0.1) is 6.42 Å². The molecule has 1 aliphatic heterocycles. The van der Waals surface area contributed by atoms with Crippen LogP contribution in [0.4, 0.5) is 4.79 Å². The standard InChI is InChI=1S/C8H9NO2/c1-2-7-11-8(10)9-5-3-4-6-9/h1,3,5H,4,6-7H2. The molecule has 1 heterocycles. The Balaban J connectivity index is 2.30. The minimum atomic E-state index is -0.364. The first kappa shape index (κ1) is 7.67. The van der Waals surface area contributed by atoms with E-state index in [2.05, 4.69) is 10.7 Å². The lowest BCUT2D eigenvalue weighted by Gasteiger charge is -2.11. The van der Waals surface area contributed by atoms with Crippen molar-refractivity contribution in [3.63, 3.8) is 0 Å². The molecule has 3 heteroatoms. The van der Waals surface area contributed by atoms with Crippen LogP contribution in [0.15, 0.2) is 12.3 Å². The van der Waals surface area contributed by atoms with E-state index in [9.17, 15) is 4.79 Å². The first-order valence-corrected chi connectivity index (χ1v) is 3.38. The maximum atomic E-state index is 11.0. The van der Waals surface area contributed by atoms with Crippen LogP contribution in [0.2, 0.25) is 0 Å². The molecule has 0 aromatic heterocycles. The lowest BCUT2D eigenvalue weighted by Crippen LogP contribution is -2.24. The zero-order chi connectivity index (χ0) is 8.10. The van der Waals surface area contributed by atoms with E-state index >= 15 is 0 Å². The van der Waals surface area contributed by atoms with Crippen molar-refractivity contribution in [3.05, 3.63) is 12.3 Å². The topological polar surface area (TPSA) is 29.5 Å². The summed E-state index contributed by atoms with van der Waals surface area (Å²) in [6.07, 6.45) is 9.06. The van der Waals surface area contributed by atoms with Gasteiger partial charge in [-0.05, 0) is 6.42 Å². The number of terminal acetylenes is 1. The molecule has 0 radical (unpaired) electrons. The van der Waals surface area contributed by atoms with Gasteiger partial charge in [0, 0.05) is 12.7 Å². The number of nitrogens with zero attached hydrogens (tertiary/aromatic N) is 1. The van der Waals surface area contributed by atoms with Crippen LogP contribution in [0.1, 0.15) is 6.42 Å². The van der Waals surface area contributed by atoms with E-state index in [1.165, 1.54) is 4.90 Å². The van der Waals surface area contributed by atoms with Crippen molar-refractivity contribution in [1.82, 2.24) is 4.90 Å². The zero-order valence-electron chi connectivity index (χ0n) is 6.12. The Morgan fingerprint density at radius 3 is 3.18 bits per heavy atom. The van der Waals surface area contributed by atoms with Crippen molar-refractivity contribution < 1.29 is 9.53 Å². The molecule has 11 heavy (non-hydrogen) atoms. The predicted octanol–water partition coefficient (Wildman–Crippen LogP) is 0.976. The quantitative estimate of drug-likeness (QED) is 0.523. The highest BCUT2D eigenvalue weighted by molar-refractivity contribution is 5.69. The number of carbonyl (C=O) groups is 1. The number of hydrogen-bond acceptors (Lipinski definition) is 2. The average Bonchev–Trinajstić information content (AvgIpc) is 2.52. The van der Waals surface area contributed by atoms with E-state index in [1.54, 1.807) is 6.20 Å². The van der Waals surface area contributed by atoms with E-state index in [1.807, 2.05) is 6.08 Å². The summed E-state index contributed by atoms with van der Waals surface area (Å²) in [5, 5.41) is 0. The lowest BCUT2D eigenvalue weighted by molar-refractivity contribution is 0.132. The van der Waals surface area contributed by atoms with Crippen LogP contribution in [0.3, 0.4) is 0 Å². The molecule has 0 bridgehead atoms. The summed E-state index contributed by atoms with van der Waals surface area (Å²) in [7, 11) is 0. The SMILES string of the molecule is C#CCOC(=O)N1C=CCC1. The van der Waals surface area contributed by atoms with Gasteiger partial charge in [0.05, 0.1) is 0 Å². The van der Waals surface area contributed by atoms with Gasteiger partial charge in [-0.2, -0.15) is 0 Å². The maximum Gasteiger partial charge on any atom is 0.414 e. The van der Waals surface area contributed by atoms with Gasteiger partial charge in [-0.3, -0.25) is 4.90 Å². The third-order valence-corrected chi connectivity index (χ3v) is 1.34. The molecular weight excluding hydrogens is 142 g/mol. The fraction of sp³-hybridized carbons (Fsp3) is 0.375. The fourth-order valence-electron chi connectivity index (χ4n) is 0.828. The van der Waals surface area contributed by atoms with Gasteiger partial charge in [-0.25, -0.2) is 4.79 Å². The highest BCUT2D eigenvalue weighted by Crippen LogP contribution is 2.05. The largest absolute Gasteiger partial charge is 0.436 e. The normalized spacial score (nSPS) is 14.6. The summed E-state index contributed by atoms with van der Waals surface area (Å²) in [6.45, 7) is 0.743. The van der Waals surface area contributed by atoms with Crippen molar-refractivity contribution >= 4 is 6.09 Å². The van der Waals surface area contributed by atoms with E-state index in [-0.39, 0.29) is 12.7 Å². The van der Waals surface area contributed by atoms with Gasteiger partial charge in [-0.1, -0.05) is 12.0 Å². The summed E-state index contributed by atoms with van der Waals surface area (Å²) in [4.78, 5) is 12.5. The fourth-order valence-corrected chi connectivity index (χ4v) is 0.828. The summed E-state index contributed by atoms with van der Waals surface area (Å²) in [6, 6.07) is 0. The molecule has 0 saturated heterocycles. The molecule has 1 aliphatic rings. The summed E-state index contributed by atoms with van der Waals surface area (Å²) in [5.41, 5.74) is 0. The molecule has 0 aromatic carbocycles. The van der Waals surface area contributed by atoms with E-state index in [0.29, 0.717) is 6.54 Å². The van der Waals surface area contributed by atoms with Crippen molar-refractivity contribution in [2.24, 2.45) is 0 Å². The van der Waals surface area contributed by atoms with Gasteiger partial charge in [0.25, 0.3) is 0 Å². The molecule has 0 N–H and O–H groups in total. The Hall–Kier alpha value is -1.43. The smallest absolute Gasteiger partial charge is 0.414 e. The summed E-state index contributed by atoms with van der Waals surface area (Å²) in [5.74, 6) is 2.23.